The van der Waals surface area contributed by atoms with Crippen LogP contribution in [0.1, 0.15) is 26.7 Å². The van der Waals surface area contributed by atoms with Crippen LogP contribution in [0.25, 0.3) is 0 Å². The molecular weight excluding hydrogens is 160 g/mol. The molecule has 13 heavy (non-hydrogen) atoms. The van der Waals surface area contributed by atoms with E-state index in [1.807, 2.05) is 13.1 Å². The molecule has 0 saturated carbocycles. The fourth-order valence-electron chi connectivity index (χ4n) is 1.26. The third-order valence-electron chi connectivity index (χ3n) is 2.15. The first-order chi connectivity index (χ1) is 6.18. The number of aliphatic imine (C=N–C) groups is 1. The van der Waals surface area contributed by atoms with Crippen LogP contribution in [0.5, 0.6) is 0 Å². The van der Waals surface area contributed by atoms with Gasteiger partial charge in [-0.2, -0.15) is 0 Å². The molecule has 2 nitrogen and oxygen atoms in total. The molecule has 1 atom stereocenters. The van der Waals surface area contributed by atoms with Gasteiger partial charge in [0.1, 0.15) is 0 Å². The number of allylic oxidation sites excluding steroid dienone is 2. The van der Waals surface area contributed by atoms with Crippen LogP contribution in [-0.2, 0) is 0 Å². The highest BCUT2D eigenvalue weighted by molar-refractivity contribution is 5.72. The van der Waals surface area contributed by atoms with Crippen LogP contribution in [0, 0.1) is 0 Å². The van der Waals surface area contributed by atoms with Gasteiger partial charge in [-0.15, -0.1) is 0 Å². The summed E-state index contributed by atoms with van der Waals surface area (Å²) in [4.78, 5) is 4.35. The van der Waals surface area contributed by atoms with Crippen molar-refractivity contribution >= 4 is 6.21 Å². The summed E-state index contributed by atoms with van der Waals surface area (Å²) in [6.45, 7) is 8.85. The molecule has 0 amide bonds. The Morgan fingerprint density at radius 2 is 2.54 bits per heavy atom. The predicted octanol–water partition coefficient (Wildman–Crippen LogP) is 2.29. The lowest BCUT2D eigenvalue weighted by Crippen LogP contribution is -2.14. The van der Waals surface area contributed by atoms with E-state index in [1.165, 1.54) is 5.57 Å². The minimum absolute atomic E-state index is 0.471. The Bertz CT molecular complexity index is 238. The molecule has 1 rings (SSSR count). The van der Waals surface area contributed by atoms with Gasteiger partial charge in [-0.25, -0.2) is 0 Å². The molecular formula is C11H18N2. The maximum atomic E-state index is 4.35. The van der Waals surface area contributed by atoms with Gasteiger partial charge in [-0.05, 0) is 38.3 Å². The van der Waals surface area contributed by atoms with Crippen molar-refractivity contribution < 1.29 is 0 Å². The van der Waals surface area contributed by atoms with Gasteiger partial charge >= 0.3 is 0 Å². The number of hydrogen-bond donors (Lipinski definition) is 1. The molecule has 0 radical (unpaired) electrons. The Morgan fingerprint density at radius 1 is 1.77 bits per heavy atom. The molecule has 0 aliphatic carbocycles. The van der Waals surface area contributed by atoms with Gasteiger partial charge in [0.15, 0.2) is 0 Å². The van der Waals surface area contributed by atoms with Crippen molar-refractivity contribution in [1.29, 1.82) is 0 Å². The molecule has 1 aliphatic rings. The fraction of sp³-hybridized carbons (Fsp3) is 0.545. The van der Waals surface area contributed by atoms with Crippen LogP contribution >= 0.6 is 0 Å². The molecule has 1 unspecified atom stereocenters. The second kappa shape index (κ2) is 4.85. The first-order valence-corrected chi connectivity index (χ1v) is 4.79. The molecule has 0 aromatic heterocycles. The highest BCUT2D eigenvalue weighted by Crippen LogP contribution is 2.11. The van der Waals surface area contributed by atoms with Crippen molar-refractivity contribution in [3.63, 3.8) is 0 Å². The van der Waals surface area contributed by atoms with E-state index in [0.717, 1.165) is 25.1 Å². The Hall–Kier alpha value is -1.05. The number of hydrogen-bond acceptors (Lipinski definition) is 2. The Balaban J connectivity index is 2.39. The van der Waals surface area contributed by atoms with Gasteiger partial charge in [-0.3, -0.25) is 4.99 Å². The Labute approximate surface area is 80.4 Å². The third kappa shape index (κ3) is 3.92. The average molecular weight is 178 g/mol. The number of rotatable bonds is 3. The minimum Gasteiger partial charge on any atom is -0.385 e. The summed E-state index contributed by atoms with van der Waals surface area (Å²) in [5, 5.41) is 3.23. The van der Waals surface area contributed by atoms with Crippen molar-refractivity contribution in [2.24, 2.45) is 4.99 Å². The third-order valence-corrected chi connectivity index (χ3v) is 2.15. The highest BCUT2D eigenvalue weighted by Gasteiger charge is 2.04. The smallest absolute Gasteiger partial charge is 0.0474 e. The van der Waals surface area contributed by atoms with Crippen LogP contribution in [0.4, 0.5) is 0 Å². The molecule has 0 saturated heterocycles. The van der Waals surface area contributed by atoms with Gasteiger partial charge in [0.25, 0.3) is 0 Å². The molecule has 72 valence electrons. The van der Waals surface area contributed by atoms with Gasteiger partial charge in [0, 0.05) is 24.5 Å². The largest absolute Gasteiger partial charge is 0.385 e. The van der Waals surface area contributed by atoms with E-state index in [0.29, 0.717) is 6.04 Å². The molecule has 0 bridgehead atoms. The van der Waals surface area contributed by atoms with E-state index in [4.69, 9.17) is 0 Å². The predicted molar refractivity (Wildman–Crippen MR) is 58.1 cm³/mol. The average Bonchev–Trinajstić information content (AvgIpc) is 2.27. The van der Waals surface area contributed by atoms with E-state index in [9.17, 15) is 0 Å². The number of nitrogens with one attached hydrogen (secondary N) is 1. The zero-order chi connectivity index (χ0) is 9.68. The van der Waals surface area contributed by atoms with Crippen LogP contribution in [0.2, 0.25) is 0 Å². The topological polar surface area (TPSA) is 24.4 Å². The van der Waals surface area contributed by atoms with Crippen LogP contribution in [0.15, 0.2) is 28.9 Å². The Morgan fingerprint density at radius 3 is 3.23 bits per heavy atom. The van der Waals surface area contributed by atoms with Gasteiger partial charge < -0.3 is 5.32 Å². The van der Waals surface area contributed by atoms with Crippen LogP contribution in [-0.4, -0.2) is 18.8 Å². The molecule has 1 aliphatic heterocycles. The van der Waals surface area contributed by atoms with Gasteiger partial charge in [-0.1, -0.05) is 6.58 Å². The molecule has 0 fully saturated rings. The summed E-state index contributed by atoms with van der Waals surface area (Å²) in [5.74, 6) is 0. The summed E-state index contributed by atoms with van der Waals surface area (Å²) in [6.07, 6.45) is 6.33. The standard InChI is InChI=1S/C11H18N2/c1-9(2)13-8-11-5-4-10(3)12-7-6-11/h6-7,10,13H,1,4-5,8H2,2-3H3. The first-order valence-electron chi connectivity index (χ1n) is 4.79. The maximum absolute atomic E-state index is 4.35. The lowest BCUT2D eigenvalue weighted by atomic mass is 10.1. The normalized spacial score (nSPS) is 22.0. The second-order valence-corrected chi connectivity index (χ2v) is 3.64. The van der Waals surface area contributed by atoms with Crippen molar-refractivity contribution in [3.05, 3.63) is 23.9 Å². The second-order valence-electron chi connectivity index (χ2n) is 3.64. The first kappa shape index (κ1) is 10.0. The summed E-state index contributed by atoms with van der Waals surface area (Å²) in [6, 6.07) is 0.471. The van der Waals surface area contributed by atoms with Crippen molar-refractivity contribution in [3.8, 4) is 0 Å². The summed E-state index contributed by atoms with van der Waals surface area (Å²) in [5.41, 5.74) is 2.44. The summed E-state index contributed by atoms with van der Waals surface area (Å²) in [7, 11) is 0. The van der Waals surface area contributed by atoms with Crippen molar-refractivity contribution in [2.45, 2.75) is 32.7 Å². The summed E-state index contributed by atoms with van der Waals surface area (Å²) < 4.78 is 0. The van der Waals surface area contributed by atoms with E-state index in [2.05, 4.69) is 29.9 Å². The minimum atomic E-state index is 0.471. The zero-order valence-corrected chi connectivity index (χ0v) is 8.51. The lowest BCUT2D eigenvalue weighted by molar-refractivity contribution is 0.661. The molecule has 0 aromatic carbocycles. The van der Waals surface area contributed by atoms with Crippen LogP contribution in [0.3, 0.4) is 0 Å². The lowest BCUT2D eigenvalue weighted by Gasteiger charge is -2.08. The molecule has 0 aromatic rings. The van der Waals surface area contributed by atoms with Gasteiger partial charge in [0.2, 0.25) is 0 Å². The monoisotopic (exact) mass is 178 g/mol. The van der Waals surface area contributed by atoms with Crippen LogP contribution < -0.4 is 5.32 Å². The van der Waals surface area contributed by atoms with E-state index < -0.39 is 0 Å². The van der Waals surface area contributed by atoms with Gasteiger partial charge in [0.05, 0.1) is 0 Å². The van der Waals surface area contributed by atoms with E-state index in [-0.39, 0.29) is 0 Å². The zero-order valence-electron chi connectivity index (χ0n) is 8.51. The molecule has 1 N–H and O–H groups in total. The van der Waals surface area contributed by atoms with E-state index >= 15 is 0 Å². The quantitative estimate of drug-likeness (QED) is 0.704. The molecule has 1 heterocycles. The maximum Gasteiger partial charge on any atom is 0.0474 e. The fourth-order valence-corrected chi connectivity index (χ4v) is 1.26. The molecule has 2 heteroatoms. The molecule has 0 spiro atoms. The number of nitrogens with zero attached hydrogens (tertiary/aromatic N) is 1. The van der Waals surface area contributed by atoms with Crippen molar-refractivity contribution in [2.75, 3.05) is 6.54 Å². The highest BCUT2D eigenvalue weighted by atomic mass is 14.9. The Kier molecular flexibility index (Phi) is 3.74. The van der Waals surface area contributed by atoms with Crippen molar-refractivity contribution in [1.82, 2.24) is 5.32 Å². The SMILES string of the molecule is C=C(C)NCC1=CC=NC(C)CC1. The summed E-state index contributed by atoms with van der Waals surface area (Å²) >= 11 is 0. The van der Waals surface area contributed by atoms with E-state index in [1.54, 1.807) is 0 Å².